The number of rotatable bonds is 6. The summed E-state index contributed by atoms with van der Waals surface area (Å²) in [4.78, 5) is 15.3. The molecular weight excluding hydrogens is 333 g/mol. The fourth-order valence-corrected chi connectivity index (χ4v) is 3.29. The number of benzene rings is 2. The molecule has 120 valence electrons. The van der Waals surface area contributed by atoms with Crippen LogP contribution in [0, 0.1) is 5.82 Å². The molecule has 0 saturated heterocycles. The minimum atomic E-state index is -0.253. The van der Waals surface area contributed by atoms with E-state index in [1.54, 1.807) is 23.1 Å². The van der Waals surface area contributed by atoms with Gasteiger partial charge in [0.25, 0.3) is 0 Å². The standard InChI is InChI=1S/C18H17ClFNOS/c19-14-5-9-16(10-6-14)23-12-18(22)21(15-7-8-15)11-13-3-1-2-4-17(13)20/h1-6,9-10,15H,7-8,11-12H2. The Hall–Kier alpha value is -1.52. The highest BCUT2D eigenvalue weighted by Gasteiger charge is 2.32. The number of carbonyl (C=O) groups excluding carboxylic acids is 1. The van der Waals surface area contributed by atoms with Crippen molar-refractivity contribution in [2.75, 3.05) is 5.75 Å². The Labute approximate surface area is 144 Å². The minimum Gasteiger partial charge on any atom is -0.335 e. The van der Waals surface area contributed by atoms with Crippen molar-refractivity contribution in [2.45, 2.75) is 30.3 Å². The number of halogens is 2. The summed E-state index contributed by atoms with van der Waals surface area (Å²) in [5.41, 5.74) is 0.573. The maximum atomic E-state index is 13.8. The number of carbonyl (C=O) groups is 1. The molecule has 1 aliphatic rings. The van der Waals surface area contributed by atoms with Crippen LogP contribution in [0.2, 0.25) is 5.02 Å². The van der Waals surface area contributed by atoms with E-state index in [4.69, 9.17) is 11.6 Å². The Kier molecular flexibility index (Phi) is 5.23. The van der Waals surface area contributed by atoms with Gasteiger partial charge in [0.1, 0.15) is 5.82 Å². The molecule has 0 atom stereocenters. The molecule has 1 amide bonds. The monoisotopic (exact) mass is 349 g/mol. The van der Waals surface area contributed by atoms with E-state index in [1.165, 1.54) is 17.8 Å². The van der Waals surface area contributed by atoms with Crippen molar-refractivity contribution >= 4 is 29.3 Å². The van der Waals surface area contributed by atoms with E-state index >= 15 is 0 Å². The Balaban J connectivity index is 1.63. The molecule has 0 bridgehead atoms. The van der Waals surface area contributed by atoms with E-state index < -0.39 is 0 Å². The smallest absolute Gasteiger partial charge is 0.233 e. The van der Waals surface area contributed by atoms with Gasteiger partial charge in [0.2, 0.25) is 5.91 Å². The van der Waals surface area contributed by atoms with Gasteiger partial charge in [0, 0.05) is 28.1 Å². The van der Waals surface area contributed by atoms with E-state index in [1.807, 2.05) is 24.3 Å². The molecule has 2 nitrogen and oxygen atoms in total. The molecular formula is C18H17ClFNOS. The molecule has 5 heteroatoms. The zero-order valence-corrected chi connectivity index (χ0v) is 14.1. The quantitative estimate of drug-likeness (QED) is 0.700. The SMILES string of the molecule is O=C(CSc1ccc(Cl)cc1)N(Cc1ccccc1F)C1CC1. The Morgan fingerprint density at radius 2 is 1.87 bits per heavy atom. The summed E-state index contributed by atoms with van der Waals surface area (Å²) in [7, 11) is 0. The first-order chi connectivity index (χ1) is 11.1. The predicted octanol–water partition coefficient (Wildman–Crippen LogP) is 4.76. The topological polar surface area (TPSA) is 20.3 Å². The van der Waals surface area contributed by atoms with Gasteiger partial charge in [0.15, 0.2) is 0 Å². The summed E-state index contributed by atoms with van der Waals surface area (Å²) in [5, 5.41) is 0.680. The van der Waals surface area contributed by atoms with Gasteiger partial charge in [-0.1, -0.05) is 29.8 Å². The van der Waals surface area contributed by atoms with Crippen molar-refractivity contribution in [3.63, 3.8) is 0 Å². The van der Waals surface area contributed by atoms with Crippen molar-refractivity contribution in [1.82, 2.24) is 4.90 Å². The first-order valence-electron chi connectivity index (χ1n) is 7.55. The normalized spacial score (nSPS) is 13.8. The second kappa shape index (κ2) is 7.37. The largest absolute Gasteiger partial charge is 0.335 e. The van der Waals surface area contributed by atoms with Crippen molar-refractivity contribution < 1.29 is 9.18 Å². The first-order valence-corrected chi connectivity index (χ1v) is 8.91. The van der Waals surface area contributed by atoms with E-state index in [0.29, 0.717) is 22.9 Å². The second-order valence-electron chi connectivity index (χ2n) is 5.59. The fourth-order valence-electron chi connectivity index (χ4n) is 2.38. The average Bonchev–Trinajstić information content (AvgIpc) is 3.38. The van der Waals surface area contributed by atoms with Gasteiger partial charge >= 0.3 is 0 Å². The van der Waals surface area contributed by atoms with E-state index in [0.717, 1.165) is 17.7 Å². The van der Waals surface area contributed by atoms with Crippen LogP contribution in [-0.2, 0) is 11.3 Å². The lowest BCUT2D eigenvalue weighted by Crippen LogP contribution is -2.34. The molecule has 23 heavy (non-hydrogen) atoms. The third-order valence-corrected chi connectivity index (χ3v) is 5.03. The van der Waals surface area contributed by atoms with Gasteiger partial charge < -0.3 is 4.90 Å². The summed E-state index contributed by atoms with van der Waals surface area (Å²) in [6.45, 7) is 0.345. The van der Waals surface area contributed by atoms with Gasteiger partial charge in [-0.3, -0.25) is 4.79 Å². The number of amides is 1. The van der Waals surface area contributed by atoms with Gasteiger partial charge in [-0.15, -0.1) is 11.8 Å². The number of thioether (sulfide) groups is 1. The summed E-state index contributed by atoms with van der Waals surface area (Å²) >= 11 is 7.34. The summed E-state index contributed by atoms with van der Waals surface area (Å²) in [6, 6.07) is 14.3. The van der Waals surface area contributed by atoms with E-state index in [2.05, 4.69) is 0 Å². The van der Waals surface area contributed by atoms with Crippen LogP contribution in [0.1, 0.15) is 18.4 Å². The predicted molar refractivity (Wildman–Crippen MR) is 92.1 cm³/mol. The highest BCUT2D eigenvalue weighted by atomic mass is 35.5. The van der Waals surface area contributed by atoms with Crippen molar-refractivity contribution in [1.29, 1.82) is 0 Å². The molecule has 0 aromatic heterocycles. The van der Waals surface area contributed by atoms with Crippen LogP contribution in [0.5, 0.6) is 0 Å². The molecule has 0 unspecified atom stereocenters. The van der Waals surface area contributed by atoms with Gasteiger partial charge in [-0.05, 0) is 43.2 Å². The van der Waals surface area contributed by atoms with Crippen LogP contribution >= 0.6 is 23.4 Å². The first kappa shape index (κ1) is 16.3. The lowest BCUT2D eigenvalue weighted by Gasteiger charge is -2.22. The Morgan fingerprint density at radius 3 is 2.52 bits per heavy atom. The molecule has 0 N–H and O–H groups in total. The zero-order valence-electron chi connectivity index (χ0n) is 12.5. The fraction of sp³-hybridized carbons (Fsp3) is 0.278. The summed E-state index contributed by atoms with van der Waals surface area (Å²) in [6.07, 6.45) is 2.01. The second-order valence-corrected chi connectivity index (χ2v) is 7.07. The molecule has 1 aliphatic carbocycles. The maximum absolute atomic E-state index is 13.8. The summed E-state index contributed by atoms with van der Waals surface area (Å²) < 4.78 is 13.8. The third-order valence-electron chi connectivity index (χ3n) is 3.78. The molecule has 2 aromatic rings. The molecule has 0 aliphatic heterocycles. The highest BCUT2D eigenvalue weighted by molar-refractivity contribution is 8.00. The third kappa shape index (κ3) is 4.49. The van der Waals surface area contributed by atoms with Crippen molar-refractivity contribution in [2.24, 2.45) is 0 Å². The van der Waals surface area contributed by atoms with E-state index in [-0.39, 0.29) is 17.8 Å². The number of hydrogen-bond acceptors (Lipinski definition) is 2. The van der Waals surface area contributed by atoms with Crippen LogP contribution in [-0.4, -0.2) is 22.6 Å². The zero-order chi connectivity index (χ0) is 16.2. The van der Waals surface area contributed by atoms with Gasteiger partial charge in [-0.25, -0.2) is 4.39 Å². The molecule has 0 spiro atoms. The molecule has 3 rings (SSSR count). The lowest BCUT2D eigenvalue weighted by molar-refractivity contribution is -0.129. The number of hydrogen-bond donors (Lipinski definition) is 0. The molecule has 0 heterocycles. The molecule has 2 aromatic carbocycles. The molecule has 1 saturated carbocycles. The lowest BCUT2D eigenvalue weighted by atomic mass is 10.2. The minimum absolute atomic E-state index is 0.0516. The van der Waals surface area contributed by atoms with Crippen LogP contribution < -0.4 is 0 Å². The van der Waals surface area contributed by atoms with E-state index in [9.17, 15) is 9.18 Å². The Bertz CT molecular complexity index is 688. The molecule has 1 fully saturated rings. The summed E-state index contributed by atoms with van der Waals surface area (Å²) in [5.74, 6) is 0.152. The van der Waals surface area contributed by atoms with Gasteiger partial charge in [-0.2, -0.15) is 0 Å². The highest BCUT2D eigenvalue weighted by Crippen LogP contribution is 2.30. The van der Waals surface area contributed by atoms with Crippen LogP contribution in [0.15, 0.2) is 53.4 Å². The van der Waals surface area contributed by atoms with Gasteiger partial charge in [0.05, 0.1) is 5.75 Å². The number of nitrogens with zero attached hydrogens (tertiary/aromatic N) is 1. The molecule has 0 radical (unpaired) electrons. The van der Waals surface area contributed by atoms with Crippen molar-refractivity contribution in [3.8, 4) is 0 Å². The maximum Gasteiger partial charge on any atom is 0.233 e. The average molecular weight is 350 g/mol. The van der Waals surface area contributed by atoms with Crippen LogP contribution in [0.3, 0.4) is 0 Å². The van der Waals surface area contributed by atoms with Crippen LogP contribution in [0.4, 0.5) is 4.39 Å². The Morgan fingerprint density at radius 1 is 1.17 bits per heavy atom. The van der Waals surface area contributed by atoms with Crippen LogP contribution in [0.25, 0.3) is 0 Å². The van der Waals surface area contributed by atoms with Crippen molar-refractivity contribution in [3.05, 3.63) is 64.9 Å².